The van der Waals surface area contributed by atoms with Gasteiger partial charge in [0.25, 0.3) is 5.91 Å². The van der Waals surface area contributed by atoms with Crippen LogP contribution in [-0.4, -0.2) is 21.0 Å². The zero-order valence-electron chi connectivity index (χ0n) is 14.1. The number of aromatic nitrogens is 2. The number of aromatic hydroxyl groups is 1. The van der Waals surface area contributed by atoms with Crippen molar-refractivity contribution in [2.24, 2.45) is 0 Å². The number of hydrogen-bond donors (Lipinski definition) is 2. The van der Waals surface area contributed by atoms with Crippen molar-refractivity contribution in [2.45, 2.75) is 10.9 Å². The maximum absolute atomic E-state index is 12.8. The summed E-state index contributed by atoms with van der Waals surface area (Å²) in [5, 5.41) is 14.1. The van der Waals surface area contributed by atoms with Crippen LogP contribution in [0.2, 0.25) is 0 Å². The summed E-state index contributed by atoms with van der Waals surface area (Å²) in [6.45, 7) is 0. The monoisotopic (exact) mass is 377 g/mol. The number of phenolic OH excluding ortho intramolecular Hbond substituents is 1. The van der Waals surface area contributed by atoms with Crippen molar-refractivity contribution in [2.75, 3.05) is 5.32 Å². The van der Waals surface area contributed by atoms with Crippen LogP contribution in [-0.2, 0) is 5.75 Å². The van der Waals surface area contributed by atoms with Crippen molar-refractivity contribution in [1.29, 1.82) is 0 Å². The summed E-state index contributed by atoms with van der Waals surface area (Å²) in [7, 11) is 0. The van der Waals surface area contributed by atoms with E-state index in [9.17, 15) is 9.90 Å². The van der Waals surface area contributed by atoms with Gasteiger partial charge in [-0.3, -0.25) is 4.79 Å². The number of para-hydroxylation sites is 3. The third-order valence-corrected chi connectivity index (χ3v) is 4.85. The second kappa shape index (κ2) is 7.51. The number of fused-ring (bicyclic) bond motifs is 1. The van der Waals surface area contributed by atoms with Crippen molar-refractivity contribution in [1.82, 2.24) is 9.97 Å². The van der Waals surface area contributed by atoms with E-state index in [1.807, 2.05) is 24.3 Å². The van der Waals surface area contributed by atoms with Gasteiger partial charge in [0.05, 0.1) is 5.69 Å². The van der Waals surface area contributed by atoms with Crippen molar-refractivity contribution < 1.29 is 14.3 Å². The number of nitrogens with one attached hydrogen (secondary N) is 1. The van der Waals surface area contributed by atoms with Crippen molar-refractivity contribution in [3.8, 4) is 5.75 Å². The number of amides is 1. The topological polar surface area (TPSA) is 88.2 Å². The molecule has 1 amide bonds. The molecule has 0 spiro atoms. The Labute approximate surface area is 159 Å². The highest BCUT2D eigenvalue weighted by Crippen LogP contribution is 2.32. The average molecular weight is 377 g/mol. The predicted molar refractivity (Wildman–Crippen MR) is 104 cm³/mol. The Morgan fingerprint density at radius 2 is 1.78 bits per heavy atom. The molecule has 0 bridgehead atoms. The Morgan fingerprint density at radius 1 is 1.04 bits per heavy atom. The molecule has 0 saturated carbocycles. The molecule has 6 nitrogen and oxygen atoms in total. The Balaban J connectivity index is 1.67. The van der Waals surface area contributed by atoms with Gasteiger partial charge in [-0.1, -0.05) is 42.1 Å². The first-order chi connectivity index (χ1) is 13.2. The molecule has 2 heterocycles. The van der Waals surface area contributed by atoms with Gasteiger partial charge in [0.15, 0.2) is 10.9 Å². The van der Waals surface area contributed by atoms with E-state index in [4.69, 9.17) is 4.42 Å². The first-order valence-electron chi connectivity index (χ1n) is 8.22. The van der Waals surface area contributed by atoms with Crippen molar-refractivity contribution >= 4 is 34.3 Å². The Hall–Kier alpha value is -3.32. The number of thioether (sulfide) groups is 1. The Kier molecular flexibility index (Phi) is 4.76. The first kappa shape index (κ1) is 17.1. The number of nitrogens with zero attached hydrogens (tertiary/aromatic N) is 2. The zero-order chi connectivity index (χ0) is 18.6. The minimum atomic E-state index is -0.419. The molecule has 2 aromatic carbocycles. The highest BCUT2D eigenvalue weighted by atomic mass is 32.2. The average Bonchev–Trinajstić information content (AvgIpc) is 3.08. The lowest BCUT2D eigenvalue weighted by atomic mass is 10.1. The maximum atomic E-state index is 12.8. The van der Waals surface area contributed by atoms with Crippen LogP contribution in [0, 0.1) is 0 Å². The minimum absolute atomic E-state index is 0.00410. The number of carbonyl (C=O) groups is 1. The first-order valence-corrected chi connectivity index (χ1v) is 9.20. The molecule has 0 unspecified atom stereocenters. The van der Waals surface area contributed by atoms with Gasteiger partial charge in [0, 0.05) is 29.1 Å². The summed E-state index contributed by atoms with van der Waals surface area (Å²) in [6, 6.07) is 15.8. The molecule has 27 heavy (non-hydrogen) atoms. The van der Waals surface area contributed by atoms with Crippen LogP contribution in [0.1, 0.15) is 16.1 Å². The standard InChI is InChI=1S/C20H15N3O3S/c24-16-8-3-2-7-15(16)23-19(25)18-14(12-27-20-21-10-5-11-22-20)13-6-1-4-9-17(13)26-18/h1-11,24H,12H2,(H,23,25). The fraction of sp³-hybridized carbons (Fsp3) is 0.0500. The van der Waals surface area contributed by atoms with Gasteiger partial charge in [0.1, 0.15) is 11.3 Å². The van der Waals surface area contributed by atoms with E-state index < -0.39 is 5.91 Å². The molecule has 0 aliphatic heterocycles. The van der Waals surface area contributed by atoms with Gasteiger partial charge in [-0.05, 0) is 24.3 Å². The second-order valence-electron chi connectivity index (χ2n) is 5.70. The molecule has 2 aromatic heterocycles. The normalized spacial score (nSPS) is 10.8. The Morgan fingerprint density at radius 3 is 2.59 bits per heavy atom. The number of furan rings is 1. The van der Waals surface area contributed by atoms with Crippen LogP contribution >= 0.6 is 11.8 Å². The fourth-order valence-corrected chi connectivity index (χ4v) is 3.51. The largest absolute Gasteiger partial charge is 0.506 e. The van der Waals surface area contributed by atoms with Gasteiger partial charge in [0.2, 0.25) is 0 Å². The number of anilines is 1. The van der Waals surface area contributed by atoms with Crippen LogP contribution in [0.5, 0.6) is 5.75 Å². The molecule has 0 radical (unpaired) electrons. The van der Waals surface area contributed by atoms with Crippen LogP contribution in [0.3, 0.4) is 0 Å². The Bertz CT molecular complexity index is 1100. The summed E-state index contributed by atoms with van der Waals surface area (Å²) < 4.78 is 5.81. The molecule has 0 fully saturated rings. The van der Waals surface area contributed by atoms with Crippen LogP contribution in [0.4, 0.5) is 5.69 Å². The molecule has 4 aromatic rings. The highest BCUT2D eigenvalue weighted by Gasteiger charge is 2.21. The lowest BCUT2D eigenvalue weighted by Gasteiger charge is -2.07. The van der Waals surface area contributed by atoms with Crippen molar-refractivity contribution in [3.05, 3.63) is 78.3 Å². The van der Waals surface area contributed by atoms with Crippen LogP contribution < -0.4 is 5.32 Å². The summed E-state index contributed by atoms with van der Waals surface area (Å²) in [5.41, 5.74) is 1.72. The minimum Gasteiger partial charge on any atom is -0.506 e. The molecule has 0 aliphatic carbocycles. The molecule has 2 N–H and O–H groups in total. The van der Waals surface area contributed by atoms with Crippen LogP contribution in [0.25, 0.3) is 11.0 Å². The number of carbonyl (C=O) groups excluding carboxylic acids is 1. The highest BCUT2D eigenvalue weighted by molar-refractivity contribution is 7.98. The molecule has 0 saturated heterocycles. The van der Waals surface area contributed by atoms with Gasteiger partial charge in [-0.15, -0.1) is 0 Å². The van der Waals surface area contributed by atoms with Gasteiger partial charge in [-0.25, -0.2) is 9.97 Å². The molecule has 0 aliphatic rings. The van der Waals surface area contributed by atoms with Crippen molar-refractivity contribution in [3.63, 3.8) is 0 Å². The van der Waals surface area contributed by atoms with E-state index in [2.05, 4.69) is 15.3 Å². The zero-order valence-corrected chi connectivity index (χ0v) is 14.9. The fourth-order valence-electron chi connectivity index (χ4n) is 2.68. The molecule has 7 heteroatoms. The predicted octanol–water partition coefficient (Wildman–Crippen LogP) is 4.47. The smallest absolute Gasteiger partial charge is 0.291 e. The molecule has 4 rings (SSSR count). The number of benzene rings is 2. The van der Waals surface area contributed by atoms with Gasteiger partial charge in [-0.2, -0.15) is 0 Å². The van der Waals surface area contributed by atoms with Crippen LogP contribution in [0.15, 0.2) is 76.6 Å². The summed E-state index contributed by atoms with van der Waals surface area (Å²) in [5.74, 6) is 0.264. The summed E-state index contributed by atoms with van der Waals surface area (Å²) in [4.78, 5) is 21.2. The van der Waals surface area contributed by atoms with E-state index in [0.29, 0.717) is 22.2 Å². The van der Waals surface area contributed by atoms with Gasteiger partial charge >= 0.3 is 0 Å². The number of hydrogen-bond acceptors (Lipinski definition) is 6. The number of phenols is 1. The van der Waals surface area contributed by atoms with Gasteiger partial charge < -0.3 is 14.8 Å². The van der Waals surface area contributed by atoms with E-state index in [-0.39, 0.29) is 11.5 Å². The molecular formula is C20H15N3O3S. The lowest BCUT2D eigenvalue weighted by molar-refractivity contribution is 0.0997. The second-order valence-corrected chi connectivity index (χ2v) is 6.64. The lowest BCUT2D eigenvalue weighted by Crippen LogP contribution is -2.12. The SMILES string of the molecule is O=C(Nc1ccccc1O)c1oc2ccccc2c1CSc1ncccn1. The molecule has 0 atom stereocenters. The quantitative estimate of drug-likeness (QED) is 0.303. The van der Waals surface area contributed by atoms with E-state index in [0.717, 1.165) is 10.9 Å². The third kappa shape index (κ3) is 3.63. The molecule has 134 valence electrons. The van der Waals surface area contributed by atoms with E-state index in [1.54, 1.807) is 36.7 Å². The van der Waals surface area contributed by atoms with E-state index >= 15 is 0 Å². The maximum Gasteiger partial charge on any atom is 0.291 e. The summed E-state index contributed by atoms with van der Waals surface area (Å²) >= 11 is 1.42. The summed E-state index contributed by atoms with van der Waals surface area (Å²) in [6.07, 6.45) is 3.35. The molecular weight excluding hydrogens is 362 g/mol. The third-order valence-electron chi connectivity index (χ3n) is 3.94. The van der Waals surface area contributed by atoms with E-state index in [1.165, 1.54) is 17.8 Å². The number of rotatable bonds is 5.